The highest BCUT2D eigenvalue weighted by Gasteiger charge is 2.27. The summed E-state index contributed by atoms with van der Waals surface area (Å²) in [7, 11) is 0. The number of pyridine rings is 1. The zero-order valence-electron chi connectivity index (χ0n) is 13.1. The van der Waals surface area contributed by atoms with Crippen LogP contribution in [0.25, 0.3) is 0 Å². The van der Waals surface area contributed by atoms with Crippen LogP contribution in [0.15, 0.2) is 12.1 Å². The lowest BCUT2D eigenvalue weighted by atomic mass is 10.1. The van der Waals surface area contributed by atoms with E-state index in [1.807, 2.05) is 0 Å². The molecule has 1 fully saturated rings. The highest BCUT2D eigenvalue weighted by atomic mass is 16.5. The number of hydrogen-bond acceptors (Lipinski definition) is 4. The van der Waals surface area contributed by atoms with Gasteiger partial charge in [0.25, 0.3) is 0 Å². The maximum absolute atomic E-state index is 5.84. The lowest BCUT2D eigenvalue weighted by molar-refractivity contribution is 0.0296. The van der Waals surface area contributed by atoms with Gasteiger partial charge in [-0.05, 0) is 37.0 Å². The minimum absolute atomic E-state index is 0.253. The summed E-state index contributed by atoms with van der Waals surface area (Å²) in [5.74, 6) is 1.47. The SMILES string of the molecule is CCC1COC(C)CN1c1cc(CN)cc(C(C)C)n1. The smallest absolute Gasteiger partial charge is 0.129 e. The average molecular weight is 277 g/mol. The lowest BCUT2D eigenvalue weighted by Gasteiger charge is -2.39. The molecule has 0 amide bonds. The minimum Gasteiger partial charge on any atom is -0.375 e. The van der Waals surface area contributed by atoms with E-state index in [9.17, 15) is 0 Å². The van der Waals surface area contributed by atoms with Crippen LogP contribution in [0, 0.1) is 0 Å². The van der Waals surface area contributed by atoms with Crippen molar-refractivity contribution in [3.63, 3.8) is 0 Å². The monoisotopic (exact) mass is 277 g/mol. The van der Waals surface area contributed by atoms with Crippen LogP contribution in [0.1, 0.15) is 51.3 Å². The highest BCUT2D eigenvalue weighted by Crippen LogP contribution is 2.25. The molecular formula is C16H27N3O. The van der Waals surface area contributed by atoms with E-state index in [1.54, 1.807) is 0 Å². The fourth-order valence-corrected chi connectivity index (χ4v) is 2.62. The molecule has 0 aliphatic carbocycles. The Hall–Kier alpha value is -1.13. The molecule has 2 heterocycles. The first-order valence-corrected chi connectivity index (χ1v) is 7.64. The number of ether oxygens (including phenoxy) is 1. The van der Waals surface area contributed by atoms with Crippen molar-refractivity contribution in [2.75, 3.05) is 18.1 Å². The van der Waals surface area contributed by atoms with E-state index in [1.165, 1.54) is 0 Å². The number of morpholine rings is 1. The third-order valence-electron chi connectivity index (χ3n) is 3.95. The van der Waals surface area contributed by atoms with Crippen molar-refractivity contribution >= 4 is 5.82 Å². The van der Waals surface area contributed by atoms with Crippen LogP contribution in [0.2, 0.25) is 0 Å². The van der Waals surface area contributed by atoms with Gasteiger partial charge in [0.15, 0.2) is 0 Å². The standard InChI is InChI=1S/C16H27N3O/c1-5-14-10-20-12(4)9-19(14)16-7-13(8-17)6-15(18-16)11(2)3/h6-7,11-12,14H,5,8-10,17H2,1-4H3. The Bertz CT molecular complexity index is 447. The summed E-state index contributed by atoms with van der Waals surface area (Å²) < 4.78 is 5.77. The van der Waals surface area contributed by atoms with E-state index < -0.39 is 0 Å². The number of nitrogens with zero attached hydrogens (tertiary/aromatic N) is 2. The molecule has 0 spiro atoms. The first-order valence-electron chi connectivity index (χ1n) is 7.64. The molecule has 20 heavy (non-hydrogen) atoms. The Balaban J connectivity index is 2.35. The van der Waals surface area contributed by atoms with Gasteiger partial charge in [0, 0.05) is 18.8 Å². The second-order valence-electron chi connectivity index (χ2n) is 5.98. The van der Waals surface area contributed by atoms with E-state index in [0.717, 1.165) is 36.6 Å². The molecule has 1 saturated heterocycles. The van der Waals surface area contributed by atoms with Gasteiger partial charge in [-0.1, -0.05) is 20.8 Å². The van der Waals surface area contributed by atoms with Crippen LogP contribution in [0.5, 0.6) is 0 Å². The maximum Gasteiger partial charge on any atom is 0.129 e. The highest BCUT2D eigenvalue weighted by molar-refractivity contribution is 5.45. The van der Waals surface area contributed by atoms with Crippen molar-refractivity contribution in [2.24, 2.45) is 5.73 Å². The number of aromatic nitrogens is 1. The third-order valence-corrected chi connectivity index (χ3v) is 3.95. The van der Waals surface area contributed by atoms with Gasteiger partial charge < -0.3 is 15.4 Å². The van der Waals surface area contributed by atoms with Gasteiger partial charge in [-0.3, -0.25) is 0 Å². The van der Waals surface area contributed by atoms with Crippen molar-refractivity contribution in [1.29, 1.82) is 0 Å². The van der Waals surface area contributed by atoms with E-state index in [-0.39, 0.29) is 6.10 Å². The lowest BCUT2D eigenvalue weighted by Crippen LogP contribution is -2.49. The Morgan fingerprint density at radius 2 is 2.20 bits per heavy atom. The summed E-state index contributed by atoms with van der Waals surface area (Å²) in [5.41, 5.74) is 8.12. The van der Waals surface area contributed by atoms with Crippen molar-refractivity contribution in [2.45, 2.75) is 58.7 Å². The van der Waals surface area contributed by atoms with Crippen LogP contribution >= 0.6 is 0 Å². The zero-order chi connectivity index (χ0) is 14.7. The molecule has 1 aliphatic heterocycles. The molecule has 2 N–H and O–H groups in total. The normalized spacial score (nSPS) is 23.4. The molecule has 1 aromatic heterocycles. The first kappa shape index (κ1) is 15.3. The van der Waals surface area contributed by atoms with Crippen molar-refractivity contribution in [3.05, 3.63) is 23.4 Å². The van der Waals surface area contributed by atoms with E-state index in [2.05, 4.69) is 44.7 Å². The summed E-state index contributed by atoms with van der Waals surface area (Å²) in [4.78, 5) is 7.24. The molecule has 2 rings (SSSR count). The van der Waals surface area contributed by atoms with Crippen LogP contribution in [-0.2, 0) is 11.3 Å². The van der Waals surface area contributed by atoms with Crippen LogP contribution in [0.4, 0.5) is 5.82 Å². The molecule has 1 aromatic rings. The number of anilines is 1. The van der Waals surface area contributed by atoms with E-state index in [4.69, 9.17) is 15.5 Å². The summed E-state index contributed by atoms with van der Waals surface area (Å²) >= 11 is 0. The third kappa shape index (κ3) is 3.30. The minimum atomic E-state index is 0.253. The van der Waals surface area contributed by atoms with Crippen molar-refractivity contribution in [1.82, 2.24) is 4.98 Å². The summed E-state index contributed by atoms with van der Waals surface area (Å²) in [6, 6.07) is 4.66. The van der Waals surface area contributed by atoms with E-state index in [0.29, 0.717) is 18.5 Å². The average Bonchev–Trinajstić information content (AvgIpc) is 2.46. The number of nitrogens with two attached hydrogens (primary N) is 1. The molecule has 1 aliphatic rings. The van der Waals surface area contributed by atoms with Gasteiger partial charge in [0.05, 0.1) is 18.8 Å². The quantitative estimate of drug-likeness (QED) is 0.919. The van der Waals surface area contributed by atoms with Crippen LogP contribution in [0.3, 0.4) is 0 Å². The topological polar surface area (TPSA) is 51.4 Å². The van der Waals surface area contributed by atoms with Gasteiger partial charge in [0.1, 0.15) is 5.82 Å². The van der Waals surface area contributed by atoms with E-state index >= 15 is 0 Å². The molecule has 4 nitrogen and oxygen atoms in total. The molecule has 112 valence electrons. The maximum atomic E-state index is 5.84. The van der Waals surface area contributed by atoms with Crippen molar-refractivity contribution in [3.8, 4) is 0 Å². The summed E-state index contributed by atoms with van der Waals surface area (Å²) in [6.07, 6.45) is 1.32. The second kappa shape index (κ2) is 6.55. The first-order chi connectivity index (χ1) is 9.55. The molecule has 0 saturated carbocycles. The van der Waals surface area contributed by atoms with Gasteiger partial charge in [-0.15, -0.1) is 0 Å². The Kier molecular flexibility index (Phi) is 5.00. The molecule has 2 atom stereocenters. The molecule has 2 unspecified atom stereocenters. The molecule has 4 heteroatoms. The van der Waals surface area contributed by atoms with Crippen LogP contribution in [-0.4, -0.2) is 30.3 Å². The van der Waals surface area contributed by atoms with Crippen molar-refractivity contribution < 1.29 is 4.74 Å². The number of hydrogen-bond donors (Lipinski definition) is 1. The van der Waals surface area contributed by atoms with Gasteiger partial charge in [-0.2, -0.15) is 0 Å². The Labute approximate surface area is 122 Å². The fraction of sp³-hybridized carbons (Fsp3) is 0.688. The zero-order valence-corrected chi connectivity index (χ0v) is 13.1. The molecule has 0 aromatic carbocycles. The van der Waals surface area contributed by atoms with Gasteiger partial charge in [0.2, 0.25) is 0 Å². The summed E-state index contributed by atoms with van der Waals surface area (Å²) in [5, 5.41) is 0. The fourth-order valence-electron chi connectivity index (χ4n) is 2.62. The Morgan fingerprint density at radius 1 is 1.45 bits per heavy atom. The summed E-state index contributed by atoms with van der Waals surface area (Å²) in [6.45, 7) is 10.9. The van der Waals surface area contributed by atoms with Gasteiger partial charge >= 0.3 is 0 Å². The second-order valence-corrected chi connectivity index (χ2v) is 5.98. The molecule has 0 bridgehead atoms. The van der Waals surface area contributed by atoms with Gasteiger partial charge in [-0.25, -0.2) is 4.98 Å². The molecular weight excluding hydrogens is 250 g/mol. The number of rotatable bonds is 4. The predicted molar refractivity (Wildman–Crippen MR) is 83.1 cm³/mol. The molecule has 0 radical (unpaired) electrons. The predicted octanol–water partition coefficient (Wildman–Crippen LogP) is 2.67. The largest absolute Gasteiger partial charge is 0.375 e. The Morgan fingerprint density at radius 3 is 2.80 bits per heavy atom. The van der Waals surface area contributed by atoms with Crippen LogP contribution < -0.4 is 10.6 Å².